The Morgan fingerprint density at radius 1 is 1.12 bits per heavy atom. The Hall–Kier alpha value is -3.52. The van der Waals surface area contributed by atoms with Crippen LogP contribution in [-0.2, 0) is 16.2 Å². The second-order valence-electron chi connectivity index (χ2n) is 7.96. The van der Waals surface area contributed by atoms with E-state index in [4.69, 9.17) is 20.9 Å². The largest absolute Gasteiger partial charge is 0.482 e. The molecule has 0 unspecified atom stereocenters. The molecule has 0 radical (unpaired) electrons. The molecule has 33 heavy (non-hydrogen) atoms. The fourth-order valence-corrected chi connectivity index (χ4v) is 4.35. The van der Waals surface area contributed by atoms with Crippen molar-refractivity contribution >= 4 is 29.1 Å². The van der Waals surface area contributed by atoms with Gasteiger partial charge in [0.15, 0.2) is 6.61 Å². The van der Waals surface area contributed by atoms with E-state index in [1.165, 1.54) is 6.07 Å². The molecule has 0 saturated heterocycles. The van der Waals surface area contributed by atoms with Crippen molar-refractivity contribution in [2.75, 3.05) is 4.90 Å². The topological polar surface area (TPSA) is 85.5 Å². The van der Waals surface area contributed by atoms with E-state index in [-0.39, 0.29) is 29.0 Å². The van der Waals surface area contributed by atoms with Crippen molar-refractivity contribution in [1.29, 1.82) is 0 Å². The molecule has 1 aromatic heterocycles. The van der Waals surface area contributed by atoms with Gasteiger partial charge in [-0.1, -0.05) is 41.0 Å². The second kappa shape index (κ2) is 8.44. The van der Waals surface area contributed by atoms with Gasteiger partial charge in [0, 0.05) is 22.8 Å². The van der Waals surface area contributed by atoms with Gasteiger partial charge in [-0.05, 0) is 44.2 Å². The molecule has 2 aromatic carbocycles. The minimum absolute atomic E-state index is 0.00768. The van der Waals surface area contributed by atoms with Crippen LogP contribution in [0.4, 0.5) is 10.1 Å². The second-order valence-corrected chi connectivity index (χ2v) is 8.37. The first-order chi connectivity index (χ1) is 15.9. The van der Waals surface area contributed by atoms with E-state index in [0.29, 0.717) is 29.8 Å². The molecular weight excluding hydrogens is 449 g/mol. The molecule has 1 aliphatic heterocycles. The lowest BCUT2D eigenvalue weighted by molar-refractivity contribution is -0.120. The summed E-state index contributed by atoms with van der Waals surface area (Å²) in [5.41, 5.74) is 2.57. The number of hydrogen-bond donors (Lipinski definition) is 0. The Morgan fingerprint density at radius 2 is 1.82 bits per heavy atom. The third kappa shape index (κ3) is 3.80. The van der Waals surface area contributed by atoms with Crippen molar-refractivity contribution in [2.45, 2.75) is 39.2 Å². The summed E-state index contributed by atoms with van der Waals surface area (Å²) in [5.74, 6) is -1.05. The maximum atomic E-state index is 14.8. The quantitative estimate of drug-likeness (QED) is 0.482. The molecule has 9 heteroatoms. The molecule has 7 nitrogen and oxygen atoms in total. The number of anilines is 1. The predicted molar refractivity (Wildman–Crippen MR) is 118 cm³/mol. The summed E-state index contributed by atoms with van der Waals surface area (Å²) < 4.78 is 25.7. The van der Waals surface area contributed by atoms with Crippen molar-refractivity contribution in [1.82, 2.24) is 10.1 Å². The van der Waals surface area contributed by atoms with Crippen molar-refractivity contribution < 1.29 is 23.2 Å². The highest BCUT2D eigenvalue weighted by atomic mass is 35.5. The minimum atomic E-state index is -0.784. The zero-order valence-electron chi connectivity index (χ0n) is 17.7. The summed E-state index contributed by atoms with van der Waals surface area (Å²) in [4.78, 5) is 30.8. The third-order valence-corrected chi connectivity index (χ3v) is 6.13. The molecule has 0 bridgehead atoms. The Labute approximate surface area is 193 Å². The number of benzene rings is 2. The lowest BCUT2D eigenvalue weighted by atomic mass is 9.93. The van der Waals surface area contributed by atoms with E-state index in [2.05, 4.69) is 10.1 Å². The van der Waals surface area contributed by atoms with E-state index >= 15 is 0 Å². The number of ether oxygens (including phenoxy) is 1. The number of carbonyl (C=O) groups excluding carboxylic acids is 2. The summed E-state index contributed by atoms with van der Waals surface area (Å²) in [5, 5.41) is 3.97. The number of imide groups is 1. The molecule has 2 aliphatic rings. The number of carbonyl (C=O) groups is 2. The smallest absolute Gasteiger partial charge is 0.264 e. The van der Waals surface area contributed by atoms with Gasteiger partial charge in [-0.2, -0.15) is 4.98 Å². The highest BCUT2D eigenvalue weighted by molar-refractivity contribution is 6.34. The summed E-state index contributed by atoms with van der Waals surface area (Å²) in [6, 6.07) is 9.89. The molecule has 2 amide bonds. The Bertz CT molecular complexity index is 1290. The minimum Gasteiger partial charge on any atom is -0.482 e. The van der Waals surface area contributed by atoms with Gasteiger partial charge in [-0.3, -0.25) is 9.59 Å². The fourth-order valence-electron chi connectivity index (χ4n) is 4.14. The predicted octanol–water partition coefficient (Wildman–Crippen LogP) is 5.16. The number of nitrogens with zero attached hydrogens (tertiary/aromatic N) is 3. The van der Waals surface area contributed by atoms with E-state index < -0.39 is 17.6 Å². The van der Waals surface area contributed by atoms with Crippen LogP contribution in [0.2, 0.25) is 5.02 Å². The average molecular weight is 468 g/mol. The number of aryl methyl sites for hydroxylation is 1. The monoisotopic (exact) mass is 467 g/mol. The Morgan fingerprint density at radius 3 is 2.52 bits per heavy atom. The molecule has 168 valence electrons. The van der Waals surface area contributed by atoms with Crippen LogP contribution in [0.3, 0.4) is 0 Å². The highest BCUT2D eigenvalue weighted by Gasteiger charge is 2.41. The van der Waals surface area contributed by atoms with E-state index in [9.17, 15) is 14.0 Å². The molecule has 0 N–H and O–H groups in total. The van der Waals surface area contributed by atoms with Crippen LogP contribution in [0, 0.1) is 12.7 Å². The molecule has 5 rings (SSSR count). The first-order valence-electron chi connectivity index (χ1n) is 10.6. The van der Waals surface area contributed by atoms with E-state index in [1.807, 2.05) is 31.2 Å². The van der Waals surface area contributed by atoms with E-state index in [0.717, 1.165) is 34.9 Å². The molecule has 3 aromatic rings. The van der Waals surface area contributed by atoms with Crippen LogP contribution < -0.4 is 9.64 Å². The van der Waals surface area contributed by atoms with Crippen LogP contribution in [0.5, 0.6) is 5.75 Å². The van der Waals surface area contributed by atoms with Gasteiger partial charge in [0.05, 0.1) is 10.7 Å². The van der Waals surface area contributed by atoms with Crippen molar-refractivity contribution in [3.63, 3.8) is 0 Å². The normalized spacial score (nSPS) is 15.9. The molecule has 0 fully saturated rings. The van der Waals surface area contributed by atoms with Gasteiger partial charge >= 0.3 is 0 Å². The van der Waals surface area contributed by atoms with Gasteiger partial charge < -0.3 is 9.26 Å². The number of amides is 2. The molecule has 1 aliphatic carbocycles. The van der Waals surface area contributed by atoms with Crippen LogP contribution in [-0.4, -0.2) is 22.0 Å². The van der Waals surface area contributed by atoms with Gasteiger partial charge in [0.1, 0.15) is 11.6 Å². The Balaban J connectivity index is 1.38. The lowest BCUT2D eigenvalue weighted by Gasteiger charge is -2.18. The first-order valence-corrected chi connectivity index (χ1v) is 10.9. The maximum Gasteiger partial charge on any atom is 0.264 e. The number of rotatable bonds is 5. The third-order valence-electron chi connectivity index (χ3n) is 5.84. The molecule has 0 spiro atoms. The van der Waals surface area contributed by atoms with Crippen LogP contribution >= 0.6 is 11.6 Å². The van der Waals surface area contributed by atoms with Crippen molar-refractivity contribution in [3.05, 3.63) is 69.8 Å². The zero-order valence-corrected chi connectivity index (χ0v) is 18.5. The number of aromatic nitrogens is 2. The SMILES string of the molecule is Cc1ccccc1-c1noc(COc2cc(N3C(=O)C4=C(CCCC4)C3=O)c(F)cc2Cl)n1. The summed E-state index contributed by atoms with van der Waals surface area (Å²) in [6.45, 7) is 1.82. The Kier molecular flexibility index (Phi) is 5.46. The fraction of sp³-hybridized carbons (Fsp3) is 0.250. The summed E-state index contributed by atoms with van der Waals surface area (Å²) in [6.07, 6.45) is 2.71. The summed E-state index contributed by atoms with van der Waals surface area (Å²) >= 11 is 6.16. The van der Waals surface area contributed by atoms with Crippen molar-refractivity contribution in [2.24, 2.45) is 0 Å². The van der Waals surface area contributed by atoms with Gasteiger partial charge in [0.2, 0.25) is 5.82 Å². The maximum absolute atomic E-state index is 14.8. The molecule has 2 heterocycles. The summed E-state index contributed by atoms with van der Waals surface area (Å²) in [7, 11) is 0. The zero-order chi connectivity index (χ0) is 23.1. The number of halogens is 2. The van der Waals surface area contributed by atoms with E-state index in [1.54, 1.807) is 0 Å². The average Bonchev–Trinajstić information content (AvgIpc) is 3.37. The molecule has 0 atom stereocenters. The standard InChI is InChI=1S/C24H19ClFN3O4/c1-13-6-2-3-7-14(13)22-27-21(33-28-22)12-32-20-11-19(18(26)10-17(20)25)29-23(30)15-8-4-5-9-16(15)24(29)31/h2-3,6-7,10-11H,4-5,8-9,12H2,1H3. The van der Waals surface area contributed by atoms with Crippen LogP contribution in [0.25, 0.3) is 11.4 Å². The molecular formula is C24H19ClFN3O4. The van der Waals surface area contributed by atoms with Crippen molar-refractivity contribution in [3.8, 4) is 17.1 Å². The van der Waals surface area contributed by atoms with Crippen LogP contribution in [0.15, 0.2) is 52.1 Å². The van der Waals surface area contributed by atoms with Crippen LogP contribution in [0.1, 0.15) is 37.1 Å². The van der Waals surface area contributed by atoms with Gasteiger partial charge in [-0.25, -0.2) is 9.29 Å². The van der Waals surface area contributed by atoms with Gasteiger partial charge in [0.25, 0.3) is 17.7 Å². The molecule has 0 saturated carbocycles. The highest BCUT2D eigenvalue weighted by Crippen LogP contribution is 2.39. The first kappa shape index (κ1) is 21.3. The number of hydrogen-bond acceptors (Lipinski definition) is 6. The van der Waals surface area contributed by atoms with Gasteiger partial charge in [-0.15, -0.1) is 0 Å². The lowest BCUT2D eigenvalue weighted by Crippen LogP contribution is -2.32.